The van der Waals surface area contributed by atoms with Gasteiger partial charge in [0.1, 0.15) is 23.1 Å². The van der Waals surface area contributed by atoms with Crippen LogP contribution in [0.15, 0.2) is 35.3 Å². The van der Waals surface area contributed by atoms with Crippen LogP contribution in [0.5, 0.6) is 0 Å². The summed E-state index contributed by atoms with van der Waals surface area (Å²) in [6.07, 6.45) is 2.94. The number of nitrogens with zero attached hydrogens (tertiary/aromatic N) is 5. The van der Waals surface area contributed by atoms with E-state index in [9.17, 15) is 19.5 Å². The molecular formula is C28H28F2N6O5S. The number of hydrogen-bond donors (Lipinski definition) is 2. The average Bonchev–Trinajstić information content (AvgIpc) is 3.73. The molecule has 3 N–H and O–H groups in total. The maximum Gasteiger partial charge on any atom is 0.414 e. The Bertz CT molecular complexity index is 1670. The van der Waals surface area contributed by atoms with E-state index in [1.807, 2.05) is 4.90 Å². The van der Waals surface area contributed by atoms with Crippen LogP contribution in [0.2, 0.25) is 0 Å². The maximum absolute atomic E-state index is 15.3. The molecule has 2 aromatic heterocycles. The van der Waals surface area contributed by atoms with E-state index in [2.05, 4.69) is 4.98 Å². The Morgan fingerprint density at radius 2 is 1.81 bits per heavy atom. The van der Waals surface area contributed by atoms with Crippen LogP contribution >= 0.6 is 12.2 Å². The van der Waals surface area contributed by atoms with Crippen molar-refractivity contribution in [1.82, 2.24) is 9.55 Å². The van der Waals surface area contributed by atoms with Crippen molar-refractivity contribution in [1.29, 1.82) is 0 Å². The number of carboxylic acid groups (broad SMARTS) is 1. The molecule has 1 amide bonds. The van der Waals surface area contributed by atoms with Crippen LogP contribution in [0.25, 0.3) is 11.0 Å². The number of aromatic nitrogens is 2. The normalized spacial score (nSPS) is 19.0. The molecule has 2 saturated heterocycles. The second-order valence-electron chi connectivity index (χ2n) is 10.7. The van der Waals surface area contributed by atoms with Gasteiger partial charge in [-0.25, -0.2) is 23.4 Å². The van der Waals surface area contributed by atoms with Crippen molar-refractivity contribution in [3.8, 4) is 0 Å². The van der Waals surface area contributed by atoms with Crippen LogP contribution in [-0.2, 0) is 4.74 Å². The van der Waals surface area contributed by atoms with Gasteiger partial charge in [0.25, 0.3) is 0 Å². The molecule has 6 rings (SSSR count). The first kappa shape index (κ1) is 27.8. The number of rotatable bonds is 8. The number of cyclic esters (lactones) is 1. The fraction of sp³-hybridized carbons (Fsp3) is 0.393. The van der Waals surface area contributed by atoms with Crippen LogP contribution in [0.4, 0.5) is 30.8 Å². The highest BCUT2D eigenvalue weighted by Crippen LogP contribution is 2.37. The molecule has 3 aromatic rings. The Morgan fingerprint density at radius 3 is 2.45 bits per heavy atom. The number of anilines is 3. The van der Waals surface area contributed by atoms with Crippen LogP contribution < -0.4 is 25.9 Å². The number of thiocarbonyl (C=S) groups is 1. The summed E-state index contributed by atoms with van der Waals surface area (Å²) in [4.78, 5) is 46.5. The van der Waals surface area contributed by atoms with Crippen molar-refractivity contribution < 1.29 is 28.2 Å². The molecule has 220 valence electrons. The van der Waals surface area contributed by atoms with Gasteiger partial charge in [0.15, 0.2) is 11.6 Å². The fourth-order valence-electron chi connectivity index (χ4n) is 5.51. The summed E-state index contributed by atoms with van der Waals surface area (Å²) >= 11 is 4.88. The van der Waals surface area contributed by atoms with E-state index in [4.69, 9.17) is 22.7 Å². The number of piperazine rings is 1. The molecule has 0 unspecified atom stereocenters. The van der Waals surface area contributed by atoms with Crippen molar-refractivity contribution in [2.75, 3.05) is 47.4 Å². The molecule has 0 radical (unpaired) electrons. The van der Waals surface area contributed by atoms with E-state index >= 15 is 8.78 Å². The van der Waals surface area contributed by atoms with Crippen LogP contribution in [-0.4, -0.2) is 70.5 Å². The standard InChI is InChI=1S/C28H28F2N6O5S/c29-20-11-16(36-13-17(41-28(36)40)4-6-23(31)42)3-5-22(20)33-7-9-34(10-8-33)26-21(30)12-18-24(37)19(27(38)39)14-35(15-1-2-15)25(18)32-26/h3,5,11-12,14-15,17H,1-2,4,6-10,13H2,(H2,31,42)(H,38,39)/t17-/m0/s1. The number of nitrogens with two attached hydrogens (primary N) is 1. The molecule has 3 aliphatic rings. The Hall–Kier alpha value is -4.33. The van der Waals surface area contributed by atoms with Gasteiger partial charge in [-0.2, -0.15) is 0 Å². The molecule has 1 aromatic carbocycles. The zero-order valence-electron chi connectivity index (χ0n) is 22.5. The third-order valence-corrected chi connectivity index (χ3v) is 8.06. The minimum absolute atomic E-state index is 0.0113. The van der Waals surface area contributed by atoms with Gasteiger partial charge in [-0.1, -0.05) is 12.2 Å². The molecule has 2 aliphatic heterocycles. The lowest BCUT2D eigenvalue weighted by molar-refractivity contribution is 0.0694. The monoisotopic (exact) mass is 598 g/mol. The molecule has 0 bridgehead atoms. The molecule has 11 nitrogen and oxygen atoms in total. The number of ether oxygens (including phenoxy) is 1. The SMILES string of the molecule is NC(=S)CC[C@H]1CN(c2ccc(N3CCN(c4nc5c(cc4F)c(=O)c(C(=O)O)cn5C4CC4)CC3)c(F)c2)C(=O)O1. The van der Waals surface area contributed by atoms with Crippen molar-refractivity contribution in [2.24, 2.45) is 5.73 Å². The number of halogens is 2. The fourth-order valence-corrected chi connectivity index (χ4v) is 5.63. The van der Waals surface area contributed by atoms with Crippen molar-refractivity contribution in [3.63, 3.8) is 0 Å². The number of amides is 1. The summed E-state index contributed by atoms with van der Waals surface area (Å²) in [7, 11) is 0. The highest BCUT2D eigenvalue weighted by atomic mass is 32.1. The topological polar surface area (TPSA) is 134 Å². The van der Waals surface area contributed by atoms with Gasteiger partial charge in [0.05, 0.1) is 28.3 Å². The molecule has 0 spiro atoms. The predicted octanol–water partition coefficient (Wildman–Crippen LogP) is 3.43. The third kappa shape index (κ3) is 5.22. The summed E-state index contributed by atoms with van der Waals surface area (Å²) in [5.41, 5.74) is 5.34. The van der Waals surface area contributed by atoms with Gasteiger partial charge >= 0.3 is 12.1 Å². The molecule has 1 aliphatic carbocycles. The van der Waals surface area contributed by atoms with Crippen molar-refractivity contribution in [2.45, 2.75) is 37.8 Å². The van der Waals surface area contributed by atoms with Gasteiger partial charge in [-0.15, -0.1) is 0 Å². The minimum atomic E-state index is -1.37. The van der Waals surface area contributed by atoms with Crippen LogP contribution in [0.1, 0.15) is 42.1 Å². The predicted molar refractivity (Wildman–Crippen MR) is 156 cm³/mol. The Kier molecular flexibility index (Phi) is 7.17. The number of carbonyl (C=O) groups excluding carboxylic acids is 1. The van der Waals surface area contributed by atoms with Crippen LogP contribution in [0, 0.1) is 11.6 Å². The average molecular weight is 599 g/mol. The number of aromatic carboxylic acids is 1. The van der Waals surface area contributed by atoms with Crippen molar-refractivity contribution in [3.05, 3.63) is 57.9 Å². The van der Waals surface area contributed by atoms with Gasteiger partial charge in [-0.05, 0) is 43.5 Å². The maximum atomic E-state index is 15.3. The number of fused-ring (bicyclic) bond motifs is 1. The lowest BCUT2D eigenvalue weighted by Gasteiger charge is -2.37. The van der Waals surface area contributed by atoms with E-state index in [1.54, 1.807) is 21.6 Å². The van der Waals surface area contributed by atoms with Gasteiger partial charge in [0.2, 0.25) is 5.43 Å². The molecule has 14 heteroatoms. The van der Waals surface area contributed by atoms with E-state index < -0.39 is 34.7 Å². The number of carboxylic acids is 1. The van der Waals surface area contributed by atoms with E-state index in [1.165, 1.54) is 17.2 Å². The highest BCUT2D eigenvalue weighted by molar-refractivity contribution is 7.80. The highest BCUT2D eigenvalue weighted by Gasteiger charge is 2.33. The van der Waals surface area contributed by atoms with Gasteiger partial charge in [0, 0.05) is 44.8 Å². The number of pyridine rings is 2. The van der Waals surface area contributed by atoms with E-state index in [0.717, 1.165) is 18.9 Å². The zero-order chi connectivity index (χ0) is 29.7. The third-order valence-electron chi connectivity index (χ3n) is 7.86. The van der Waals surface area contributed by atoms with Crippen molar-refractivity contribution >= 4 is 57.5 Å². The molecule has 1 atom stereocenters. The quantitative estimate of drug-likeness (QED) is 0.372. The smallest absolute Gasteiger partial charge is 0.414 e. The second-order valence-corrected chi connectivity index (χ2v) is 11.2. The largest absolute Gasteiger partial charge is 0.477 e. The molecule has 4 heterocycles. The molecule has 3 fully saturated rings. The summed E-state index contributed by atoms with van der Waals surface area (Å²) in [6.45, 7) is 1.68. The minimum Gasteiger partial charge on any atom is -0.477 e. The summed E-state index contributed by atoms with van der Waals surface area (Å²) in [5.74, 6) is -2.53. The first-order valence-corrected chi connectivity index (χ1v) is 14.1. The molecule has 42 heavy (non-hydrogen) atoms. The number of benzene rings is 1. The lowest BCUT2D eigenvalue weighted by Crippen LogP contribution is -2.47. The van der Waals surface area contributed by atoms with E-state index in [-0.39, 0.29) is 35.5 Å². The van der Waals surface area contributed by atoms with Gasteiger partial charge < -0.3 is 29.9 Å². The Labute approximate surface area is 244 Å². The van der Waals surface area contributed by atoms with E-state index in [0.29, 0.717) is 55.4 Å². The molecular weight excluding hydrogens is 570 g/mol. The lowest BCUT2D eigenvalue weighted by atomic mass is 10.1. The first-order chi connectivity index (χ1) is 20.1. The summed E-state index contributed by atoms with van der Waals surface area (Å²) in [6, 6.07) is 5.64. The van der Waals surface area contributed by atoms with Crippen LogP contribution in [0.3, 0.4) is 0 Å². The Morgan fingerprint density at radius 1 is 1.10 bits per heavy atom. The summed E-state index contributed by atoms with van der Waals surface area (Å²) in [5, 5.41) is 9.38. The number of carbonyl (C=O) groups is 2. The molecule has 1 saturated carbocycles. The zero-order valence-corrected chi connectivity index (χ0v) is 23.3. The first-order valence-electron chi connectivity index (χ1n) is 13.6. The Balaban J connectivity index is 1.18. The second kappa shape index (κ2) is 10.8. The number of hydrogen-bond acceptors (Lipinski definition) is 8. The summed E-state index contributed by atoms with van der Waals surface area (Å²) < 4.78 is 37.5. The van der Waals surface area contributed by atoms with Gasteiger partial charge in [-0.3, -0.25) is 9.69 Å².